The third-order valence-corrected chi connectivity index (χ3v) is 6.74. The fourth-order valence-corrected chi connectivity index (χ4v) is 4.88. The zero-order valence-electron chi connectivity index (χ0n) is 17.1. The molecule has 3 aliphatic heterocycles. The summed E-state index contributed by atoms with van der Waals surface area (Å²) in [5, 5.41) is 6.57. The number of nitrogens with one attached hydrogen (secondary N) is 2. The van der Waals surface area contributed by atoms with Gasteiger partial charge in [0.05, 0.1) is 0 Å². The molecule has 156 valence electrons. The monoisotopic (exact) mass is 405 g/mol. The number of urea groups is 1. The van der Waals surface area contributed by atoms with Crippen molar-refractivity contribution >= 4 is 17.6 Å². The van der Waals surface area contributed by atoms with Crippen molar-refractivity contribution in [1.82, 2.24) is 20.1 Å². The van der Waals surface area contributed by atoms with E-state index in [0.717, 1.165) is 43.6 Å². The van der Waals surface area contributed by atoms with E-state index in [2.05, 4.69) is 15.6 Å². The van der Waals surface area contributed by atoms with Crippen LogP contribution in [0, 0.1) is 0 Å². The largest absolute Gasteiger partial charge is 0.339 e. The molecule has 0 unspecified atom stereocenters. The molecule has 1 aromatic carbocycles. The number of carbonyl (C=O) groups is 2. The maximum absolute atomic E-state index is 12.9. The normalized spacial score (nSPS) is 19.7. The van der Waals surface area contributed by atoms with E-state index >= 15 is 0 Å². The molecule has 0 atom stereocenters. The lowest BCUT2D eigenvalue weighted by Crippen LogP contribution is -2.51. The third-order valence-electron chi connectivity index (χ3n) is 6.74. The number of aromatic nitrogens is 1. The van der Waals surface area contributed by atoms with Crippen molar-refractivity contribution in [3.8, 4) is 0 Å². The Bertz CT molecular complexity index is 917. The molecule has 3 amide bonds. The number of fused-ring (bicyclic) bond motifs is 1. The van der Waals surface area contributed by atoms with Gasteiger partial charge in [-0.1, -0.05) is 0 Å². The van der Waals surface area contributed by atoms with Gasteiger partial charge in [0.2, 0.25) is 0 Å². The first kappa shape index (κ1) is 19.1. The lowest BCUT2D eigenvalue weighted by molar-refractivity contribution is 0.0657. The van der Waals surface area contributed by atoms with Crippen LogP contribution in [0.4, 0.5) is 10.5 Å². The van der Waals surface area contributed by atoms with Crippen LogP contribution in [0.5, 0.6) is 0 Å². The molecule has 0 radical (unpaired) electrons. The van der Waals surface area contributed by atoms with E-state index < -0.39 is 0 Å². The van der Waals surface area contributed by atoms with E-state index in [-0.39, 0.29) is 17.5 Å². The van der Waals surface area contributed by atoms with Crippen molar-refractivity contribution in [1.29, 1.82) is 0 Å². The second-order valence-electron chi connectivity index (χ2n) is 8.61. The molecule has 5 rings (SSSR count). The molecule has 3 aliphatic rings. The standard InChI is InChI=1S/C23H27N5O2/c29-21(27-12-8-23(9-13-27)7-1-10-25-23)17-2-4-20(5-3-17)26-22(30)28-15-18-6-11-24-14-19(18)16-28/h2-6,11,14,25H,1,7-10,12-13,15-16H2,(H,26,30). The quantitative estimate of drug-likeness (QED) is 0.805. The fourth-order valence-electron chi connectivity index (χ4n) is 4.88. The molecule has 0 bridgehead atoms. The molecule has 2 fully saturated rings. The Labute approximate surface area is 176 Å². The average molecular weight is 406 g/mol. The van der Waals surface area contributed by atoms with E-state index in [0.29, 0.717) is 24.3 Å². The molecule has 0 aliphatic carbocycles. The first-order valence-electron chi connectivity index (χ1n) is 10.7. The minimum Gasteiger partial charge on any atom is -0.339 e. The maximum Gasteiger partial charge on any atom is 0.322 e. The van der Waals surface area contributed by atoms with E-state index in [1.165, 1.54) is 12.8 Å². The van der Waals surface area contributed by atoms with E-state index in [1.54, 1.807) is 35.4 Å². The summed E-state index contributed by atoms with van der Waals surface area (Å²) in [6.45, 7) is 3.85. The summed E-state index contributed by atoms with van der Waals surface area (Å²) in [4.78, 5) is 33.3. The highest BCUT2D eigenvalue weighted by Crippen LogP contribution is 2.31. The van der Waals surface area contributed by atoms with Crippen molar-refractivity contribution in [2.45, 2.75) is 44.3 Å². The van der Waals surface area contributed by atoms with Crippen LogP contribution in [-0.4, -0.2) is 51.9 Å². The second-order valence-corrected chi connectivity index (χ2v) is 8.61. The highest BCUT2D eigenvalue weighted by atomic mass is 16.2. The van der Waals surface area contributed by atoms with Gasteiger partial charge in [-0.05, 0) is 73.7 Å². The Kier molecular flexibility index (Phi) is 4.90. The molecular weight excluding hydrogens is 378 g/mol. The lowest BCUT2D eigenvalue weighted by atomic mass is 9.86. The number of pyridine rings is 1. The summed E-state index contributed by atoms with van der Waals surface area (Å²) in [6.07, 6.45) is 8.08. The molecule has 2 saturated heterocycles. The summed E-state index contributed by atoms with van der Waals surface area (Å²) in [6, 6.07) is 9.03. The Balaban J connectivity index is 1.17. The Hall–Kier alpha value is -2.93. The van der Waals surface area contributed by atoms with Gasteiger partial charge in [-0.15, -0.1) is 0 Å². The van der Waals surface area contributed by atoms with Gasteiger partial charge in [-0.2, -0.15) is 0 Å². The van der Waals surface area contributed by atoms with Gasteiger partial charge in [-0.25, -0.2) is 4.79 Å². The Morgan fingerprint density at radius 1 is 0.967 bits per heavy atom. The number of hydrogen-bond acceptors (Lipinski definition) is 4. The molecule has 7 heteroatoms. The van der Waals surface area contributed by atoms with Gasteiger partial charge in [-0.3, -0.25) is 9.78 Å². The molecule has 7 nitrogen and oxygen atoms in total. The first-order chi connectivity index (χ1) is 14.6. The zero-order chi connectivity index (χ0) is 20.6. The van der Waals surface area contributed by atoms with Gasteiger partial charge >= 0.3 is 6.03 Å². The predicted octanol–water partition coefficient (Wildman–Crippen LogP) is 2.99. The Morgan fingerprint density at radius 3 is 2.43 bits per heavy atom. The summed E-state index contributed by atoms with van der Waals surface area (Å²) in [7, 11) is 0. The summed E-state index contributed by atoms with van der Waals surface area (Å²) in [5.74, 6) is 0.0724. The number of nitrogens with zero attached hydrogens (tertiary/aromatic N) is 3. The van der Waals surface area contributed by atoms with Crippen molar-refractivity contribution < 1.29 is 9.59 Å². The van der Waals surface area contributed by atoms with Crippen LogP contribution in [0.3, 0.4) is 0 Å². The second kappa shape index (κ2) is 7.72. The first-order valence-corrected chi connectivity index (χ1v) is 10.7. The summed E-state index contributed by atoms with van der Waals surface area (Å²) < 4.78 is 0. The van der Waals surface area contributed by atoms with Crippen molar-refractivity contribution in [2.75, 3.05) is 25.0 Å². The number of carbonyl (C=O) groups excluding carboxylic acids is 2. The molecule has 30 heavy (non-hydrogen) atoms. The minimum absolute atomic E-state index is 0.0724. The number of piperidine rings is 1. The van der Waals surface area contributed by atoms with Crippen LogP contribution in [0.1, 0.15) is 47.2 Å². The highest BCUT2D eigenvalue weighted by Gasteiger charge is 2.37. The minimum atomic E-state index is -0.143. The molecule has 1 spiro atoms. The van der Waals surface area contributed by atoms with Crippen molar-refractivity contribution in [3.63, 3.8) is 0 Å². The van der Waals surface area contributed by atoms with Crippen molar-refractivity contribution in [3.05, 3.63) is 59.4 Å². The molecule has 0 saturated carbocycles. The number of benzene rings is 1. The molecule has 2 aromatic rings. The Morgan fingerprint density at radius 2 is 1.73 bits per heavy atom. The number of hydrogen-bond donors (Lipinski definition) is 2. The van der Waals surface area contributed by atoms with E-state index in [1.807, 2.05) is 17.2 Å². The van der Waals surface area contributed by atoms with Crippen LogP contribution in [0.15, 0.2) is 42.7 Å². The summed E-state index contributed by atoms with van der Waals surface area (Å²) in [5.41, 5.74) is 3.85. The van der Waals surface area contributed by atoms with Gasteiger partial charge in [0.15, 0.2) is 0 Å². The van der Waals surface area contributed by atoms with Crippen molar-refractivity contribution in [2.24, 2.45) is 0 Å². The zero-order valence-corrected chi connectivity index (χ0v) is 17.1. The molecule has 1 aromatic heterocycles. The van der Waals surface area contributed by atoms with Crippen LogP contribution in [-0.2, 0) is 13.1 Å². The van der Waals surface area contributed by atoms with Gasteiger partial charge in [0.25, 0.3) is 5.91 Å². The fraction of sp³-hybridized carbons (Fsp3) is 0.435. The molecule has 2 N–H and O–H groups in total. The van der Waals surface area contributed by atoms with Gasteiger partial charge < -0.3 is 20.4 Å². The average Bonchev–Trinajstić information content (AvgIpc) is 3.42. The van der Waals surface area contributed by atoms with Crippen LogP contribution in [0.25, 0.3) is 0 Å². The smallest absolute Gasteiger partial charge is 0.322 e. The number of anilines is 1. The molecular formula is C23H27N5O2. The highest BCUT2D eigenvalue weighted by molar-refractivity contribution is 5.95. The maximum atomic E-state index is 12.9. The van der Waals surface area contributed by atoms with E-state index in [4.69, 9.17) is 0 Å². The number of amides is 3. The molecule has 4 heterocycles. The third kappa shape index (κ3) is 3.65. The number of rotatable bonds is 2. The summed E-state index contributed by atoms with van der Waals surface area (Å²) >= 11 is 0. The van der Waals surface area contributed by atoms with Gasteiger partial charge in [0.1, 0.15) is 0 Å². The topological polar surface area (TPSA) is 77.6 Å². The SMILES string of the molecule is O=C(Nc1ccc(C(=O)N2CCC3(CCCN3)CC2)cc1)N1Cc2ccncc2C1. The number of likely N-dealkylation sites (tertiary alicyclic amines) is 1. The predicted molar refractivity (Wildman–Crippen MR) is 114 cm³/mol. The lowest BCUT2D eigenvalue weighted by Gasteiger charge is -2.39. The van der Waals surface area contributed by atoms with E-state index in [9.17, 15) is 9.59 Å². The van der Waals surface area contributed by atoms with Gasteiger partial charge in [0, 0.05) is 55.4 Å². The van der Waals surface area contributed by atoms with Crippen LogP contribution < -0.4 is 10.6 Å². The van der Waals surface area contributed by atoms with Crippen LogP contribution >= 0.6 is 0 Å². The van der Waals surface area contributed by atoms with Crippen LogP contribution in [0.2, 0.25) is 0 Å².